The van der Waals surface area contributed by atoms with E-state index in [4.69, 9.17) is 19.9 Å². The minimum atomic E-state index is -0.808. The summed E-state index contributed by atoms with van der Waals surface area (Å²) in [5.74, 6) is -1.15. The Kier molecular flexibility index (Phi) is 6.94. The lowest BCUT2D eigenvalue weighted by Crippen LogP contribution is -2.29. The van der Waals surface area contributed by atoms with Crippen LogP contribution in [0, 0.1) is 0 Å². The summed E-state index contributed by atoms with van der Waals surface area (Å²) >= 11 is 0. The molecule has 174 valence electrons. The fraction of sp³-hybridized carbons (Fsp3) is 0.174. The molecule has 34 heavy (non-hydrogen) atoms. The quantitative estimate of drug-likeness (QED) is 0.354. The van der Waals surface area contributed by atoms with Gasteiger partial charge in [-0.25, -0.2) is 14.6 Å². The number of ether oxygens (including phenoxy) is 3. The van der Waals surface area contributed by atoms with Crippen LogP contribution < -0.4 is 11.3 Å². The van der Waals surface area contributed by atoms with E-state index in [1.807, 2.05) is 0 Å². The Labute approximate surface area is 193 Å². The van der Waals surface area contributed by atoms with E-state index >= 15 is 0 Å². The number of rotatable bonds is 9. The van der Waals surface area contributed by atoms with Crippen LogP contribution in [0.2, 0.25) is 0 Å². The monoisotopic (exact) mass is 463 g/mol. The van der Waals surface area contributed by atoms with Crippen molar-refractivity contribution in [2.45, 2.75) is 12.8 Å². The zero-order chi connectivity index (χ0) is 23.9. The summed E-state index contributed by atoms with van der Waals surface area (Å²) in [6.45, 7) is -0.472. The molecule has 0 bridgehead atoms. The Morgan fingerprint density at radius 1 is 0.941 bits per heavy atom. The number of fused-ring (bicyclic) bond motifs is 1. The number of hydrogen-bond acceptors (Lipinski definition) is 9. The number of carbonyl (C=O) groups is 2. The number of carbonyl (C=O) groups excluding carboxylic acids is 2. The molecule has 0 amide bonds. The van der Waals surface area contributed by atoms with E-state index < -0.39 is 23.6 Å². The highest BCUT2D eigenvalue weighted by molar-refractivity contribution is 5.89. The molecule has 0 radical (unpaired) electrons. The molecule has 0 saturated heterocycles. The van der Waals surface area contributed by atoms with Crippen LogP contribution in [0.3, 0.4) is 0 Å². The topological polar surface area (TPSA) is 151 Å². The zero-order valence-corrected chi connectivity index (χ0v) is 17.9. The smallest absolute Gasteiger partial charge is 0.338 e. The van der Waals surface area contributed by atoms with Crippen molar-refractivity contribution >= 4 is 29.1 Å². The van der Waals surface area contributed by atoms with E-state index in [0.29, 0.717) is 11.1 Å². The SMILES string of the molecule is Nc1nc2c(ncn2COC(COC(=O)c2ccccc2)COC(=O)c2ccccc2)c(=O)[nH]1. The van der Waals surface area contributed by atoms with Crippen LogP contribution in [-0.4, -0.2) is 50.8 Å². The van der Waals surface area contributed by atoms with Crippen LogP contribution in [0.15, 0.2) is 71.8 Å². The van der Waals surface area contributed by atoms with Crippen LogP contribution in [0.5, 0.6) is 0 Å². The van der Waals surface area contributed by atoms with Crippen molar-refractivity contribution in [3.8, 4) is 0 Å². The van der Waals surface area contributed by atoms with Crippen molar-refractivity contribution in [3.05, 3.63) is 88.5 Å². The largest absolute Gasteiger partial charge is 0.459 e. The highest BCUT2D eigenvalue weighted by atomic mass is 16.6. The summed E-state index contributed by atoms with van der Waals surface area (Å²) in [5.41, 5.74) is 6.21. The van der Waals surface area contributed by atoms with Crippen molar-refractivity contribution in [1.82, 2.24) is 19.5 Å². The molecule has 0 unspecified atom stereocenters. The van der Waals surface area contributed by atoms with Gasteiger partial charge in [0.1, 0.15) is 26.0 Å². The lowest BCUT2D eigenvalue weighted by Gasteiger charge is -2.18. The minimum absolute atomic E-state index is 0.0654. The Hall–Kier alpha value is -4.51. The van der Waals surface area contributed by atoms with Crippen molar-refractivity contribution in [3.63, 3.8) is 0 Å². The molecule has 0 saturated carbocycles. The molecule has 0 atom stereocenters. The van der Waals surface area contributed by atoms with Crippen LogP contribution in [0.25, 0.3) is 11.2 Å². The summed E-state index contributed by atoms with van der Waals surface area (Å²) < 4.78 is 18.0. The van der Waals surface area contributed by atoms with Gasteiger partial charge in [0.15, 0.2) is 11.2 Å². The summed E-state index contributed by atoms with van der Waals surface area (Å²) in [4.78, 5) is 47.1. The summed E-state index contributed by atoms with van der Waals surface area (Å²) in [6, 6.07) is 16.9. The number of aromatic amines is 1. The van der Waals surface area contributed by atoms with Gasteiger partial charge in [-0.3, -0.25) is 14.3 Å². The Morgan fingerprint density at radius 2 is 1.50 bits per heavy atom. The summed E-state index contributed by atoms with van der Waals surface area (Å²) in [5, 5.41) is 0. The predicted octanol–water partition coefficient (Wildman–Crippen LogP) is 1.76. The number of nitrogens with zero attached hydrogens (tertiary/aromatic N) is 3. The first-order valence-corrected chi connectivity index (χ1v) is 10.3. The van der Waals surface area contributed by atoms with Gasteiger partial charge in [0.05, 0.1) is 17.5 Å². The van der Waals surface area contributed by atoms with Crippen LogP contribution in [0.1, 0.15) is 20.7 Å². The molecule has 4 rings (SSSR count). The first-order chi connectivity index (χ1) is 16.5. The van der Waals surface area contributed by atoms with Gasteiger partial charge in [-0.1, -0.05) is 36.4 Å². The fourth-order valence-corrected chi connectivity index (χ4v) is 3.05. The summed E-state index contributed by atoms with van der Waals surface area (Å²) in [7, 11) is 0. The Balaban J connectivity index is 1.44. The van der Waals surface area contributed by atoms with Gasteiger partial charge in [0.2, 0.25) is 5.95 Å². The lowest BCUT2D eigenvalue weighted by molar-refractivity contribution is -0.0616. The highest BCUT2D eigenvalue weighted by Crippen LogP contribution is 2.10. The molecule has 4 aromatic rings. The number of aromatic nitrogens is 4. The number of H-pyrrole nitrogens is 1. The molecule has 0 aliphatic rings. The molecule has 0 fully saturated rings. The van der Waals surface area contributed by atoms with Gasteiger partial charge in [0.25, 0.3) is 5.56 Å². The number of hydrogen-bond donors (Lipinski definition) is 2. The molecule has 2 aromatic heterocycles. The Bertz CT molecular complexity index is 1280. The lowest BCUT2D eigenvalue weighted by atomic mass is 10.2. The van der Waals surface area contributed by atoms with Crippen molar-refractivity contribution in [2.75, 3.05) is 18.9 Å². The number of nitrogen functional groups attached to an aromatic ring is 1. The second-order valence-corrected chi connectivity index (χ2v) is 7.18. The first-order valence-electron chi connectivity index (χ1n) is 10.3. The average molecular weight is 463 g/mol. The van der Waals surface area contributed by atoms with Gasteiger partial charge in [0, 0.05) is 0 Å². The van der Waals surface area contributed by atoms with Crippen molar-refractivity contribution in [2.24, 2.45) is 0 Å². The number of esters is 2. The maximum atomic E-state index is 12.3. The van der Waals surface area contributed by atoms with Crippen LogP contribution in [-0.2, 0) is 20.9 Å². The molecule has 11 nitrogen and oxygen atoms in total. The molecular weight excluding hydrogens is 442 g/mol. The molecule has 2 heterocycles. The van der Waals surface area contributed by atoms with Gasteiger partial charge in [-0.05, 0) is 24.3 Å². The molecule has 2 aromatic carbocycles. The molecule has 11 heteroatoms. The van der Waals surface area contributed by atoms with Crippen molar-refractivity contribution in [1.29, 1.82) is 0 Å². The normalized spacial score (nSPS) is 11.0. The Morgan fingerprint density at radius 3 is 2.06 bits per heavy atom. The van der Waals surface area contributed by atoms with Gasteiger partial charge >= 0.3 is 11.9 Å². The number of imidazole rings is 1. The van der Waals surface area contributed by atoms with E-state index in [1.165, 1.54) is 10.9 Å². The number of nitrogens with one attached hydrogen (secondary N) is 1. The zero-order valence-electron chi connectivity index (χ0n) is 17.9. The van der Waals surface area contributed by atoms with Gasteiger partial charge in [-0.15, -0.1) is 0 Å². The molecule has 3 N–H and O–H groups in total. The van der Waals surface area contributed by atoms with Crippen molar-refractivity contribution < 1.29 is 23.8 Å². The molecular formula is C23H21N5O6. The minimum Gasteiger partial charge on any atom is -0.459 e. The first kappa shape index (κ1) is 22.7. The van der Waals surface area contributed by atoms with E-state index in [2.05, 4.69) is 15.0 Å². The molecule has 0 aliphatic heterocycles. The standard InChI is InChI=1S/C23H21N5O6/c24-23-26-19-18(20(29)27-23)25-13-28(19)14-34-17(11-32-21(30)15-7-3-1-4-8-15)12-33-22(31)16-9-5-2-6-10-16/h1-10,13,17H,11-12,14H2,(H3,24,26,27,29). The number of anilines is 1. The number of benzene rings is 2. The van der Waals surface area contributed by atoms with E-state index in [1.54, 1.807) is 60.7 Å². The van der Waals surface area contributed by atoms with E-state index in [0.717, 1.165) is 0 Å². The van der Waals surface area contributed by atoms with Crippen LogP contribution >= 0.6 is 0 Å². The second kappa shape index (κ2) is 10.4. The maximum absolute atomic E-state index is 12.3. The highest BCUT2D eigenvalue weighted by Gasteiger charge is 2.18. The van der Waals surface area contributed by atoms with Gasteiger partial charge < -0.3 is 19.9 Å². The number of nitrogens with two attached hydrogens (primary N) is 1. The molecule has 0 spiro atoms. The second-order valence-electron chi connectivity index (χ2n) is 7.18. The van der Waals surface area contributed by atoms with Crippen LogP contribution in [0.4, 0.5) is 5.95 Å². The third kappa shape index (κ3) is 5.45. The van der Waals surface area contributed by atoms with E-state index in [9.17, 15) is 14.4 Å². The summed E-state index contributed by atoms with van der Waals surface area (Å²) in [6.07, 6.45) is 0.562. The molecule has 0 aliphatic carbocycles. The third-order valence-electron chi connectivity index (χ3n) is 4.76. The van der Waals surface area contributed by atoms with Gasteiger partial charge in [-0.2, -0.15) is 4.98 Å². The average Bonchev–Trinajstić information content (AvgIpc) is 3.27. The predicted molar refractivity (Wildman–Crippen MR) is 121 cm³/mol. The fourth-order valence-electron chi connectivity index (χ4n) is 3.05. The maximum Gasteiger partial charge on any atom is 0.338 e. The third-order valence-corrected chi connectivity index (χ3v) is 4.76. The van der Waals surface area contributed by atoms with E-state index in [-0.39, 0.29) is 37.1 Å².